The van der Waals surface area contributed by atoms with Crippen molar-refractivity contribution in [3.63, 3.8) is 0 Å². The highest BCUT2D eigenvalue weighted by molar-refractivity contribution is 7.99. The van der Waals surface area contributed by atoms with Crippen LogP contribution in [0.25, 0.3) is 0 Å². The molecule has 2 amide bonds. The molecule has 8 heteroatoms. The first-order chi connectivity index (χ1) is 16.3. The number of amides is 2. The number of hydrogen-bond donors (Lipinski definition) is 1. The maximum Gasteiger partial charge on any atom is 0.269 e. The van der Waals surface area contributed by atoms with E-state index in [-0.39, 0.29) is 29.3 Å². The first-order valence-corrected chi connectivity index (χ1v) is 13.0. The summed E-state index contributed by atoms with van der Waals surface area (Å²) in [5.41, 5.74) is 3.09. The lowest BCUT2D eigenvalue weighted by atomic mass is 9.95. The lowest BCUT2D eigenvalue weighted by Gasteiger charge is -2.31. The molecule has 1 N–H and O–H groups in total. The van der Waals surface area contributed by atoms with Gasteiger partial charge < -0.3 is 10.2 Å². The standard InChI is InChI=1S/C26H33N3O4S/c1-19-8-10-21(11-9-19)16-28(20(2)26(31)27-23-6-4-3-5-7-23)25(30)18-34-17-22-12-14-24(15-13-22)29(32)33/h8-15,20,23H,3-7,16-18H2,1-2H3,(H,27,31). The maximum atomic E-state index is 13.2. The Kier molecular flexibility index (Phi) is 9.51. The number of non-ortho nitro benzene ring substituents is 1. The van der Waals surface area contributed by atoms with Crippen LogP contribution in [0.3, 0.4) is 0 Å². The molecule has 1 aliphatic carbocycles. The van der Waals surface area contributed by atoms with Crippen molar-refractivity contribution in [2.45, 2.75) is 70.3 Å². The third-order valence-corrected chi connectivity index (χ3v) is 7.22. The average molecular weight is 484 g/mol. The first-order valence-electron chi connectivity index (χ1n) is 11.8. The van der Waals surface area contributed by atoms with Gasteiger partial charge in [-0.1, -0.05) is 61.2 Å². The quantitative estimate of drug-likeness (QED) is 0.379. The highest BCUT2D eigenvalue weighted by Crippen LogP contribution is 2.20. The molecule has 1 saturated carbocycles. The molecule has 7 nitrogen and oxygen atoms in total. The van der Waals surface area contributed by atoms with E-state index in [0.717, 1.165) is 42.4 Å². The molecule has 0 aromatic heterocycles. The molecule has 0 bridgehead atoms. The molecule has 2 aromatic rings. The molecule has 3 rings (SSSR count). The zero-order valence-corrected chi connectivity index (χ0v) is 20.7. The molecule has 182 valence electrons. The summed E-state index contributed by atoms with van der Waals surface area (Å²) in [6.07, 6.45) is 5.46. The van der Waals surface area contributed by atoms with Crippen molar-refractivity contribution in [3.8, 4) is 0 Å². The molecule has 34 heavy (non-hydrogen) atoms. The maximum absolute atomic E-state index is 13.2. The van der Waals surface area contributed by atoms with Crippen molar-refractivity contribution in [2.24, 2.45) is 0 Å². The molecule has 0 aliphatic heterocycles. The number of rotatable bonds is 10. The second kappa shape index (κ2) is 12.6. The zero-order chi connectivity index (χ0) is 24.5. The van der Waals surface area contributed by atoms with Crippen molar-refractivity contribution in [3.05, 3.63) is 75.3 Å². The molecule has 1 unspecified atom stereocenters. The number of nitrogens with zero attached hydrogens (tertiary/aromatic N) is 2. The number of carbonyl (C=O) groups excluding carboxylic acids is 2. The summed E-state index contributed by atoms with van der Waals surface area (Å²) in [5.74, 6) is 0.584. The summed E-state index contributed by atoms with van der Waals surface area (Å²) in [6, 6.07) is 14.0. The van der Waals surface area contributed by atoms with Crippen molar-refractivity contribution in [2.75, 3.05) is 5.75 Å². The molecule has 1 fully saturated rings. The van der Waals surface area contributed by atoms with Gasteiger partial charge in [-0.15, -0.1) is 11.8 Å². The van der Waals surface area contributed by atoms with Gasteiger partial charge in [-0.25, -0.2) is 0 Å². The van der Waals surface area contributed by atoms with E-state index in [4.69, 9.17) is 0 Å². The van der Waals surface area contributed by atoms with Crippen molar-refractivity contribution in [1.29, 1.82) is 0 Å². The van der Waals surface area contributed by atoms with E-state index in [0.29, 0.717) is 12.3 Å². The van der Waals surface area contributed by atoms with E-state index in [1.807, 2.05) is 31.2 Å². The highest BCUT2D eigenvalue weighted by atomic mass is 32.2. The van der Waals surface area contributed by atoms with E-state index in [9.17, 15) is 19.7 Å². The SMILES string of the molecule is Cc1ccc(CN(C(=O)CSCc2ccc([N+](=O)[O-])cc2)C(C)C(=O)NC2CCCCC2)cc1. The minimum absolute atomic E-state index is 0.0481. The van der Waals surface area contributed by atoms with Gasteiger partial charge in [-0.2, -0.15) is 0 Å². The summed E-state index contributed by atoms with van der Waals surface area (Å²) < 4.78 is 0. The minimum atomic E-state index is -0.573. The summed E-state index contributed by atoms with van der Waals surface area (Å²) in [6.45, 7) is 4.18. The Bertz CT molecular complexity index is 973. The number of nitrogens with one attached hydrogen (secondary N) is 1. The Hall–Kier alpha value is -2.87. The Morgan fingerprint density at radius 1 is 1.06 bits per heavy atom. The Morgan fingerprint density at radius 3 is 2.29 bits per heavy atom. The van der Waals surface area contributed by atoms with Gasteiger partial charge in [0.15, 0.2) is 0 Å². The van der Waals surface area contributed by atoms with E-state index in [1.54, 1.807) is 24.0 Å². The molecule has 0 radical (unpaired) electrons. The summed E-state index contributed by atoms with van der Waals surface area (Å²) in [5, 5.41) is 14.0. The molecule has 0 heterocycles. The number of aryl methyl sites for hydroxylation is 1. The first kappa shape index (κ1) is 25.7. The number of nitro groups is 1. The average Bonchev–Trinajstić information content (AvgIpc) is 2.84. The van der Waals surface area contributed by atoms with Gasteiger partial charge in [0.2, 0.25) is 11.8 Å². The molecular weight excluding hydrogens is 450 g/mol. The number of hydrogen-bond acceptors (Lipinski definition) is 5. The van der Waals surface area contributed by atoms with Crippen molar-refractivity contribution in [1.82, 2.24) is 10.2 Å². The van der Waals surface area contributed by atoms with E-state index in [2.05, 4.69) is 5.32 Å². The van der Waals surface area contributed by atoms with Crippen LogP contribution in [0.4, 0.5) is 5.69 Å². The predicted molar refractivity (Wildman–Crippen MR) is 135 cm³/mol. The number of benzene rings is 2. The van der Waals surface area contributed by atoms with Crippen LogP contribution in [-0.2, 0) is 21.9 Å². The molecule has 0 saturated heterocycles. The Balaban J connectivity index is 1.63. The summed E-state index contributed by atoms with van der Waals surface area (Å²) in [7, 11) is 0. The Morgan fingerprint density at radius 2 is 1.68 bits per heavy atom. The van der Waals surface area contributed by atoms with Crippen LogP contribution in [0.1, 0.15) is 55.7 Å². The zero-order valence-electron chi connectivity index (χ0n) is 19.9. The van der Waals surface area contributed by atoms with Gasteiger partial charge in [0.1, 0.15) is 6.04 Å². The second-order valence-corrected chi connectivity index (χ2v) is 9.93. The molecule has 1 aliphatic rings. The molecule has 1 atom stereocenters. The fourth-order valence-electron chi connectivity index (χ4n) is 4.09. The molecule has 2 aromatic carbocycles. The summed E-state index contributed by atoms with van der Waals surface area (Å²) >= 11 is 1.44. The van der Waals surface area contributed by atoms with Crippen molar-refractivity contribution < 1.29 is 14.5 Å². The van der Waals surface area contributed by atoms with Gasteiger partial charge in [-0.3, -0.25) is 19.7 Å². The third-order valence-electron chi connectivity index (χ3n) is 6.23. The fourth-order valence-corrected chi connectivity index (χ4v) is 4.97. The van der Waals surface area contributed by atoms with Crippen LogP contribution in [0.5, 0.6) is 0 Å². The summed E-state index contributed by atoms with van der Waals surface area (Å²) in [4.78, 5) is 38.3. The van der Waals surface area contributed by atoms with E-state index < -0.39 is 11.0 Å². The predicted octanol–water partition coefficient (Wildman–Crippen LogP) is 5.00. The lowest BCUT2D eigenvalue weighted by molar-refractivity contribution is -0.384. The topological polar surface area (TPSA) is 92.6 Å². The van der Waals surface area contributed by atoms with Gasteiger partial charge in [0.05, 0.1) is 10.7 Å². The number of nitro benzene ring substituents is 1. The van der Waals surface area contributed by atoms with Crippen LogP contribution >= 0.6 is 11.8 Å². The van der Waals surface area contributed by atoms with Crippen molar-refractivity contribution >= 4 is 29.3 Å². The van der Waals surface area contributed by atoms with E-state index in [1.165, 1.54) is 30.3 Å². The minimum Gasteiger partial charge on any atom is -0.352 e. The van der Waals surface area contributed by atoms with Crippen LogP contribution in [0.2, 0.25) is 0 Å². The monoisotopic (exact) mass is 483 g/mol. The normalized spacial score (nSPS) is 14.9. The van der Waals surface area contributed by atoms with Gasteiger partial charge >= 0.3 is 0 Å². The Labute approximate surface area is 205 Å². The van der Waals surface area contributed by atoms with Gasteiger partial charge in [0, 0.05) is 30.5 Å². The number of carbonyl (C=O) groups is 2. The second-order valence-electron chi connectivity index (χ2n) is 8.94. The van der Waals surface area contributed by atoms with Gasteiger partial charge in [0.25, 0.3) is 5.69 Å². The largest absolute Gasteiger partial charge is 0.352 e. The van der Waals surface area contributed by atoms with Crippen LogP contribution in [0, 0.1) is 17.0 Å². The van der Waals surface area contributed by atoms with Crippen LogP contribution in [0.15, 0.2) is 48.5 Å². The lowest BCUT2D eigenvalue weighted by Crippen LogP contribution is -2.50. The van der Waals surface area contributed by atoms with E-state index >= 15 is 0 Å². The molecular formula is C26H33N3O4S. The molecule has 0 spiro atoms. The highest BCUT2D eigenvalue weighted by Gasteiger charge is 2.28. The fraction of sp³-hybridized carbons (Fsp3) is 0.462. The third kappa shape index (κ3) is 7.58. The van der Waals surface area contributed by atoms with Crippen LogP contribution < -0.4 is 5.32 Å². The number of thioether (sulfide) groups is 1. The smallest absolute Gasteiger partial charge is 0.269 e. The van der Waals surface area contributed by atoms with Gasteiger partial charge in [-0.05, 0) is 37.8 Å². The van der Waals surface area contributed by atoms with Crippen LogP contribution in [-0.4, -0.2) is 39.5 Å².